The van der Waals surface area contributed by atoms with Crippen LogP contribution in [0.5, 0.6) is 5.75 Å². The molecular formula is C16H9Cl6N3O. The molecule has 0 fully saturated rings. The smallest absolute Gasteiger partial charge is 0.250 e. The average molecular weight is 472 g/mol. The summed E-state index contributed by atoms with van der Waals surface area (Å²) >= 11 is 35.6. The van der Waals surface area contributed by atoms with E-state index in [4.69, 9.17) is 74.3 Å². The molecule has 0 aliphatic rings. The molecule has 0 saturated heterocycles. The first-order valence-corrected chi connectivity index (χ1v) is 9.34. The summed E-state index contributed by atoms with van der Waals surface area (Å²) < 4.78 is 1.44. The number of alkyl halides is 6. The molecule has 0 amide bonds. The first-order valence-electron chi connectivity index (χ1n) is 7.07. The Morgan fingerprint density at radius 2 is 1.42 bits per heavy atom. The van der Waals surface area contributed by atoms with Crippen LogP contribution in [0.1, 0.15) is 11.6 Å². The molecule has 0 bridgehead atoms. The van der Waals surface area contributed by atoms with E-state index < -0.39 is 7.59 Å². The van der Waals surface area contributed by atoms with Gasteiger partial charge in [0.2, 0.25) is 7.59 Å². The number of fused-ring (bicyclic) bond motifs is 1. The molecule has 0 N–H and O–H groups in total. The molecule has 3 rings (SSSR count). The topological polar surface area (TPSA) is 47.9 Å². The lowest BCUT2D eigenvalue weighted by molar-refractivity contribution is 0.415. The molecule has 2 aromatic carbocycles. The Morgan fingerprint density at radius 1 is 0.808 bits per heavy atom. The molecule has 136 valence electrons. The third-order valence-electron chi connectivity index (χ3n) is 3.47. The summed E-state index contributed by atoms with van der Waals surface area (Å²) in [5.41, 5.74) is 0.665. The van der Waals surface area contributed by atoms with Crippen molar-refractivity contribution in [3.8, 4) is 17.1 Å². The molecule has 0 aliphatic heterocycles. The molecule has 10 heteroatoms. The SMILES string of the molecule is COc1ccc2c(-c3nc(C(Cl)(Cl)Cl)nc(C(Cl)(Cl)Cl)n3)cccc2c1. The fourth-order valence-electron chi connectivity index (χ4n) is 2.33. The summed E-state index contributed by atoms with van der Waals surface area (Å²) in [5.74, 6) is 0.659. The maximum absolute atomic E-state index is 5.93. The zero-order chi connectivity index (χ0) is 19.1. The molecule has 1 aromatic heterocycles. The van der Waals surface area contributed by atoms with Crippen LogP contribution in [0, 0.1) is 0 Å². The first kappa shape index (κ1) is 20.0. The van der Waals surface area contributed by atoms with Crippen molar-refractivity contribution in [2.45, 2.75) is 7.59 Å². The lowest BCUT2D eigenvalue weighted by Gasteiger charge is -2.16. The van der Waals surface area contributed by atoms with Crippen molar-refractivity contribution in [1.82, 2.24) is 15.0 Å². The molecule has 0 radical (unpaired) electrons. The molecule has 3 aromatic rings. The van der Waals surface area contributed by atoms with Crippen LogP contribution in [0.4, 0.5) is 0 Å². The van der Waals surface area contributed by atoms with Gasteiger partial charge < -0.3 is 4.74 Å². The van der Waals surface area contributed by atoms with Crippen LogP contribution in [-0.2, 0) is 7.59 Å². The molecule has 26 heavy (non-hydrogen) atoms. The fraction of sp³-hybridized carbons (Fsp3) is 0.188. The number of nitrogens with zero attached hydrogens (tertiary/aromatic N) is 3. The van der Waals surface area contributed by atoms with E-state index in [1.807, 2.05) is 36.4 Å². The third-order valence-corrected chi connectivity index (χ3v) is 4.49. The van der Waals surface area contributed by atoms with Gasteiger partial charge in [0.05, 0.1) is 7.11 Å². The summed E-state index contributed by atoms with van der Waals surface area (Å²) in [4.78, 5) is 12.5. The Morgan fingerprint density at radius 3 is 1.96 bits per heavy atom. The zero-order valence-corrected chi connectivity index (χ0v) is 17.5. The third kappa shape index (κ3) is 4.22. The van der Waals surface area contributed by atoms with Gasteiger partial charge in [0.25, 0.3) is 0 Å². The average Bonchev–Trinajstić information content (AvgIpc) is 2.58. The van der Waals surface area contributed by atoms with Gasteiger partial charge in [0.1, 0.15) is 5.75 Å². The number of hydrogen-bond donors (Lipinski definition) is 0. The second-order valence-electron chi connectivity index (χ2n) is 5.19. The monoisotopic (exact) mass is 469 g/mol. The van der Waals surface area contributed by atoms with Gasteiger partial charge in [-0.3, -0.25) is 0 Å². The summed E-state index contributed by atoms with van der Waals surface area (Å²) in [5, 5.41) is 1.76. The molecule has 1 heterocycles. The van der Waals surface area contributed by atoms with E-state index in [2.05, 4.69) is 15.0 Å². The van der Waals surface area contributed by atoms with Gasteiger partial charge in [-0.05, 0) is 29.0 Å². The Hall–Kier alpha value is -0.750. The van der Waals surface area contributed by atoms with E-state index in [1.165, 1.54) is 0 Å². The standard InChI is InChI=1S/C16H9Cl6N3O/c1-26-9-5-6-10-8(7-9)3-2-4-11(10)12-23-13(15(17,18)19)25-14(24-12)16(20,21)22/h2-7H,1H3. The van der Waals surface area contributed by atoms with Crippen LogP contribution in [0.25, 0.3) is 22.2 Å². The summed E-state index contributed by atoms with van der Waals surface area (Å²) in [6.45, 7) is 0. The number of benzene rings is 2. The number of methoxy groups -OCH3 is 1. The second-order valence-corrected chi connectivity index (χ2v) is 9.76. The van der Waals surface area contributed by atoms with Crippen LogP contribution < -0.4 is 4.74 Å². The Kier molecular flexibility index (Phi) is 5.65. The highest BCUT2D eigenvalue weighted by Crippen LogP contribution is 2.41. The fourth-order valence-corrected chi connectivity index (χ4v) is 2.84. The van der Waals surface area contributed by atoms with Gasteiger partial charge in [0, 0.05) is 5.56 Å². The van der Waals surface area contributed by atoms with Crippen LogP contribution >= 0.6 is 69.6 Å². The van der Waals surface area contributed by atoms with E-state index in [0.717, 1.165) is 10.8 Å². The number of halogens is 6. The van der Waals surface area contributed by atoms with Crippen molar-refractivity contribution >= 4 is 80.4 Å². The minimum atomic E-state index is -1.91. The lowest BCUT2D eigenvalue weighted by atomic mass is 10.0. The van der Waals surface area contributed by atoms with Crippen LogP contribution in [0.3, 0.4) is 0 Å². The van der Waals surface area contributed by atoms with Crippen molar-refractivity contribution in [1.29, 1.82) is 0 Å². The maximum Gasteiger partial charge on any atom is 0.250 e. The largest absolute Gasteiger partial charge is 0.497 e. The van der Waals surface area contributed by atoms with Crippen molar-refractivity contribution in [2.24, 2.45) is 0 Å². The van der Waals surface area contributed by atoms with Crippen LogP contribution in [0.2, 0.25) is 0 Å². The van der Waals surface area contributed by atoms with Gasteiger partial charge in [-0.2, -0.15) is 0 Å². The highest BCUT2D eigenvalue weighted by Gasteiger charge is 2.34. The predicted molar refractivity (Wildman–Crippen MR) is 108 cm³/mol. The van der Waals surface area contributed by atoms with Gasteiger partial charge in [-0.15, -0.1) is 0 Å². The number of ether oxygens (including phenoxy) is 1. The number of aromatic nitrogens is 3. The summed E-state index contributed by atoms with van der Waals surface area (Å²) in [7, 11) is 1.59. The number of rotatable bonds is 2. The quantitative estimate of drug-likeness (QED) is 0.408. The summed E-state index contributed by atoms with van der Waals surface area (Å²) in [6, 6.07) is 11.1. The van der Waals surface area contributed by atoms with E-state index >= 15 is 0 Å². The minimum absolute atomic E-state index is 0.140. The molecule has 0 saturated carbocycles. The number of hydrogen-bond acceptors (Lipinski definition) is 4. The lowest BCUT2D eigenvalue weighted by Crippen LogP contribution is -2.16. The van der Waals surface area contributed by atoms with Gasteiger partial charge in [-0.25, -0.2) is 15.0 Å². The molecular weight excluding hydrogens is 463 g/mol. The van der Waals surface area contributed by atoms with Crippen molar-refractivity contribution in [3.63, 3.8) is 0 Å². The second kappa shape index (κ2) is 7.34. The molecule has 0 atom stereocenters. The Labute approximate surface area is 179 Å². The van der Waals surface area contributed by atoms with Gasteiger partial charge in [-0.1, -0.05) is 87.8 Å². The van der Waals surface area contributed by atoms with Crippen molar-refractivity contribution in [2.75, 3.05) is 7.11 Å². The van der Waals surface area contributed by atoms with E-state index in [-0.39, 0.29) is 17.5 Å². The Bertz CT molecular complexity index is 936. The summed E-state index contributed by atoms with van der Waals surface area (Å²) in [6.07, 6.45) is 0. The van der Waals surface area contributed by atoms with E-state index in [1.54, 1.807) is 7.11 Å². The van der Waals surface area contributed by atoms with E-state index in [9.17, 15) is 0 Å². The molecule has 0 spiro atoms. The van der Waals surface area contributed by atoms with Crippen molar-refractivity contribution < 1.29 is 4.74 Å². The highest BCUT2D eigenvalue weighted by atomic mass is 35.6. The predicted octanol–water partition coefficient (Wildman–Crippen LogP) is 6.35. The minimum Gasteiger partial charge on any atom is -0.497 e. The highest BCUT2D eigenvalue weighted by molar-refractivity contribution is 6.67. The van der Waals surface area contributed by atoms with Gasteiger partial charge >= 0.3 is 0 Å². The van der Waals surface area contributed by atoms with E-state index in [0.29, 0.717) is 11.3 Å². The normalized spacial score (nSPS) is 12.4. The first-order chi connectivity index (χ1) is 12.1. The van der Waals surface area contributed by atoms with Crippen molar-refractivity contribution in [3.05, 3.63) is 48.0 Å². The zero-order valence-electron chi connectivity index (χ0n) is 13.0. The molecule has 4 nitrogen and oxygen atoms in total. The Balaban J connectivity index is 2.28. The van der Waals surface area contributed by atoms with Gasteiger partial charge in [0.15, 0.2) is 17.5 Å². The van der Waals surface area contributed by atoms with Crippen LogP contribution in [-0.4, -0.2) is 22.1 Å². The molecule has 0 unspecified atom stereocenters. The molecule has 0 aliphatic carbocycles. The maximum atomic E-state index is 5.93. The van der Waals surface area contributed by atoms with Crippen LogP contribution in [0.15, 0.2) is 36.4 Å².